The molecule has 0 saturated heterocycles. The lowest BCUT2D eigenvalue weighted by atomic mass is 10.4. The summed E-state index contributed by atoms with van der Waals surface area (Å²) in [6, 6.07) is 0.421. The first-order valence-electron chi connectivity index (χ1n) is 6.13. The standard InChI is InChI=1S/C11H22N4O3/c1-4-17-9(2)7-13-11-15-14-10(18-11)8-12-5-6-16-3/h9,12H,4-8H2,1-3H3,(H,13,15). The van der Waals surface area contributed by atoms with Gasteiger partial charge in [0.05, 0.1) is 19.3 Å². The Morgan fingerprint density at radius 3 is 2.94 bits per heavy atom. The van der Waals surface area contributed by atoms with E-state index in [4.69, 9.17) is 13.9 Å². The SMILES string of the molecule is CCOC(C)CNc1nnc(CNCCOC)o1. The summed E-state index contributed by atoms with van der Waals surface area (Å²) in [6.07, 6.45) is 0.116. The molecule has 1 aromatic heterocycles. The summed E-state index contributed by atoms with van der Waals surface area (Å²) in [5.74, 6) is 0.553. The van der Waals surface area contributed by atoms with Crippen molar-refractivity contribution in [3.8, 4) is 0 Å². The van der Waals surface area contributed by atoms with Gasteiger partial charge in [-0.2, -0.15) is 0 Å². The van der Waals surface area contributed by atoms with Crippen LogP contribution in [0.5, 0.6) is 0 Å². The van der Waals surface area contributed by atoms with E-state index in [0.717, 1.165) is 6.54 Å². The van der Waals surface area contributed by atoms with Gasteiger partial charge in [-0.1, -0.05) is 5.10 Å². The zero-order valence-corrected chi connectivity index (χ0v) is 11.2. The first kappa shape index (κ1) is 14.9. The van der Waals surface area contributed by atoms with Crippen LogP contribution in [0.15, 0.2) is 4.42 Å². The average molecular weight is 258 g/mol. The monoisotopic (exact) mass is 258 g/mol. The first-order valence-corrected chi connectivity index (χ1v) is 6.13. The molecule has 0 fully saturated rings. The molecule has 1 aromatic rings. The van der Waals surface area contributed by atoms with Crippen LogP contribution in [-0.2, 0) is 16.0 Å². The van der Waals surface area contributed by atoms with Crippen LogP contribution in [0.3, 0.4) is 0 Å². The quantitative estimate of drug-likeness (QED) is 0.596. The number of aromatic nitrogens is 2. The predicted molar refractivity (Wildman–Crippen MR) is 67.5 cm³/mol. The molecule has 0 bridgehead atoms. The Bertz CT molecular complexity index is 319. The van der Waals surface area contributed by atoms with Gasteiger partial charge in [0.2, 0.25) is 5.89 Å². The third-order valence-corrected chi connectivity index (χ3v) is 2.22. The molecule has 1 heterocycles. The molecule has 7 nitrogen and oxygen atoms in total. The Morgan fingerprint density at radius 2 is 2.22 bits per heavy atom. The number of anilines is 1. The van der Waals surface area contributed by atoms with Gasteiger partial charge < -0.3 is 24.5 Å². The Balaban J connectivity index is 2.21. The van der Waals surface area contributed by atoms with Crippen LogP contribution in [-0.4, -0.2) is 49.7 Å². The maximum atomic E-state index is 5.40. The summed E-state index contributed by atoms with van der Waals surface area (Å²) in [5.41, 5.74) is 0. The van der Waals surface area contributed by atoms with Gasteiger partial charge in [-0.05, 0) is 13.8 Å². The lowest BCUT2D eigenvalue weighted by molar-refractivity contribution is 0.0851. The number of rotatable bonds is 10. The van der Waals surface area contributed by atoms with Crippen LogP contribution in [0.25, 0.3) is 0 Å². The van der Waals surface area contributed by atoms with E-state index in [1.54, 1.807) is 7.11 Å². The van der Waals surface area contributed by atoms with Crippen molar-refractivity contribution in [2.75, 3.05) is 38.7 Å². The second-order valence-corrected chi connectivity index (χ2v) is 3.82. The fourth-order valence-electron chi connectivity index (χ4n) is 1.34. The van der Waals surface area contributed by atoms with Crippen molar-refractivity contribution in [3.05, 3.63) is 5.89 Å². The molecule has 0 radical (unpaired) electrons. The number of hydrogen-bond acceptors (Lipinski definition) is 7. The number of hydrogen-bond donors (Lipinski definition) is 2. The Hall–Kier alpha value is -1.18. The maximum Gasteiger partial charge on any atom is 0.315 e. The minimum absolute atomic E-state index is 0.116. The van der Waals surface area contributed by atoms with Gasteiger partial charge >= 0.3 is 6.01 Å². The number of methoxy groups -OCH3 is 1. The molecule has 0 aliphatic heterocycles. The molecule has 1 unspecified atom stereocenters. The van der Waals surface area contributed by atoms with Crippen LogP contribution >= 0.6 is 0 Å². The van der Waals surface area contributed by atoms with Gasteiger partial charge in [-0.3, -0.25) is 0 Å². The number of nitrogens with zero attached hydrogens (tertiary/aromatic N) is 2. The van der Waals surface area contributed by atoms with Gasteiger partial charge in [-0.15, -0.1) is 5.10 Å². The van der Waals surface area contributed by atoms with E-state index in [0.29, 0.717) is 38.2 Å². The molecule has 0 aromatic carbocycles. The van der Waals surface area contributed by atoms with Gasteiger partial charge in [0.15, 0.2) is 0 Å². The van der Waals surface area contributed by atoms with Crippen molar-refractivity contribution in [2.45, 2.75) is 26.5 Å². The molecule has 0 amide bonds. The molecule has 18 heavy (non-hydrogen) atoms. The smallest absolute Gasteiger partial charge is 0.315 e. The molecule has 2 N–H and O–H groups in total. The Morgan fingerprint density at radius 1 is 1.39 bits per heavy atom. The minimum Gasteiger partial charge on any atom is -0.407 e. The third kappa shape index (κ3) is 5.95. The van der Waals surface area contributed by atoms with E-state index in [9.17, 15) is 0 Å². The largest absolute Gasteiger partial charge is 0.407 e. The summed E-state index contributed by atoms with van der Waals surface area (Å²) in [6.45, 7) is 7.24. The van der Waals surface area contributed by atoms with Crippen molar-refractivity contribution in [1.82, 2.24) is 15.5 Å². The van der Waals surface area contributed by atoms with Crippen LogP contribution in [0.1, 0.15) is 19.7 Å². The molecular formula is C11H22N4O3. The molecule has 0 spiro atoms. The summed E-state index contributed by atoms with van der Waals surface area (Å²) < 4.78 is 15.7. The van der Waals surface area contributed by atoms with Crippen molar-refractivity contribution >= 4 is 6.01 Å². The van der Waals surface area contributed by atoms with Crippen LogP contribution in [0, 0.1) is 0 Å². The average Bonchev–Trinajstić information content (AvgIpc) is 2.81. The second kappa shape index (κ2) is 8.84. The third-order valence-electron chi connectivity index (χ3n) is 2.22. The molecule has 0 aliphatic carbocycles. The lowest BCUT2D eigenvalue weighted by Gasteiger charge is -2.10. The number of ether oxygens (including phenoxy) is 2. The van der Waals surface area contributed by atoms with Crippen LogP contribution in [0.4, 0.5) is 6.01 Å². The highest BCUT2D eigenvalue weighted by Crippen LogP contribution is 2.05. The lowest BCUT2D eigenvalue weighted by Crippen LogP contribution is -2.19. The highest BCUT2D eigenvalue weighted by Gasteiger charge is 2.07. The zero-order valence-electron chi connectivity index (χ0n) is 11.2. The maximum absolute atomic E-state index is 5.40. The molecular weight excluding hydrogens is 236 g/mol. The van der Waals surface area contributed by atoms with E-state index in [2.05, 4.69) is 20.8 Å². The summed E-state index contributed by atoms with van der Waals surface area (Å²) in [4.78, 5) is 0. The Kier molecular flexibility index (Phi) is 7.31. The van der Waals surface area contributed by atoms with Gasteiger partial charge in [-0.25, -0.2) is 0 Å². The van der Waals surface area contributed by atoms with E-state index in [1.807, 2.05) is 13.8 Å². The van der Waals surface area contributed by atoms with E-state index in [-0.39, 0.29) is 6.10 Å². The van der Waals surface area contributed by atoms with Crippen molar-refractivity contribution in [2.24, 2.45) is 0 Å². The van der Waals surface area contributed by atoms with Crippen LogP contribution < -0.4 is 10.6 Å². The van der Waals surface area contributed by atoms with Gasteiger partial charge in [0.25, 0.3) is 0 Å². The normalized spacial score (nSPS) is 12.6. The Labute approximate surface area is 107 Å². The highest BCUT2D eigenvalue weighted by molar-refractivity contribution is 5.16. The van der Waals surface area contributed by atoms with Gasteiger partial charge in [0.1, 0.15) is 0 Å². The topological polar surface area (TPSA) is 81.4 Å². The van der Waals surface area contributed by atoms with Gasteiger partial charge in [0, 0.05) is 26.8 Å². The molecule has 7 heteroatoms. The molecule has 1 atom stereocenters. The fraction of sp³-hybridized carbons (Fsp3) is 0.818. The second-order valence-electron chi connectivity index (χ2n) is 3.82. The predicted octanol–water partition coefficient (Wildman–Crippen LogP) is 0.643. The highest BCUT2D eigenvalue weighted by atomic mass is 16.5. The van der Waals surface area contributed by atoms with Crippen LogP contribution in [0.2, 0.25) is 0 Å². The fourth-order valence-corrected chi connectivity index (χ4v) is 1.34. The molecule has 1 rings (SSSR count). The van der Waals surface area contributed by atoms with E-state index < -0.39 is 0 Å². The van der Waals surface area contributed by atoms with E-state index >= 15 is 0 Å². The van der Waals surface area contributed by atoms with Crippen molar-refractivity contribution in [1.29, 1.82) is 0 Å². The molecule has 0 saturated carbocycles. The van der Waals surface area contributed by atoms with Crippen molar-refractivity contribution < 1.29 is 13.9 Å². The summed E-state index contributed by atoms with van der Waals surface area (Å²) in [7, 11) is 1.66. The van der Waals surface area contributed by atoms with Crippen molar-refractivity contribution in [3.63, 3.8) is 0 Å². The summed E-state index contributed by atoms with van der Waals surface area (Å²) in [5, 5.41) is 14.0. The zero-order chi connectivity index (χ0) is 13.2. The summed E-state index contributed by atoms with van der Waals surface area (Å²) >= 11 is 0. The minimum atomic E-state index is 0.116. The molecule has 0 aliphatic rings. The first-order chi connectivity index (χ1) is 8.76. The van der Waals surface area contributed by atoms with E-state index in [1.165, 1.54) is 0 Å². The molecule has 104 valence electrons. The number of nitrogens with one attached hydrogen (secondary N) is 2.